The summed E-state index contributed by atoms with van der Waals surface area (Å²) in [5.41, 5.74) is 5.72. The van der Waals surface area contributed by atoms with E-state index in [4.69, 9.17) is 4.98 Å². The molecule has 3 aromatic heterocycles. The van der Waals surface area contributed by atoms with Crippen LogP contribution in [0.1, 0.15) is 0 Å². The Labute approximate surface area is 238 Å². The van der Waals surface area contributed by atoms with Crippen molar-refractivity contribution in [3.05, 3.63) is 127 Å². The van der Waals surface area contributed by atoms with Crippen molar-refractivity contribution in [2.24, 2.45) is 0 Å². The molecule has 9 rings (SSSR count). The minimum Gasteiger partial charge on any atom is -0.247 e. The van der Waals surface area contributed by atoms with Crippen molar-refractivity contribution >= 4 is 84.7 Å². The molecule has 0 saturated heterocycles. The Morgan fingerprint density at radius 2 is 1.02 bits per heavy atom. The number of aromatic nitrogens is 1. The Kier molecular flexibility index (Phi) is 4.71. The summed E-state index contributed by atoms with van der Waals surface area (Å²) in [6.07, 6.45) is 0. The van der Waals surface area contributed by atoms with Gasteiger partial charge in [0.25, 0.3) is 0 Å². The highest BCUT2D eigenvalue weighted by Gasteiger charge is 2.17. The molecule has 40 heavy (non-hydrogen) atoms. The van der Waals surface area contributed by atoms with Gasteiger partial charge in [-0.05, 0) is 35.4 Å². The number of rotatable bonds is 2. The van der Waals surface area contributed by atoms with Crippen LogP contribution in [0.5, 0.6) is 0 Å². The quantitative estimate of drug-likeness (QED) is 0.198. The number of hydrogen-bond donors (Lipinski definition) is 0. The molecular weight excluding hydrogens is 523 g/mol. The van der Waals surface area contributed by atoms with Crippen LogP contribution in [0, 0.1) is 0 Å². The molecule has 0 aliphatic rings. The molecule has 0 N–H and O–H groups in total. The van der Waals surface area contributed by atoms with E-state index in [2.05, 4.69) is 127 Å². The van der Waals surface area contributed by atoms with E-state index >= 15 is 0 Å². The van der Waals surface area contributed by atoms with Gasteiger partial charge in [-0.2, -0.15) is 0 Å². The monoisotopic (exact) mass is 543 g/mol. The van der Waals surface area contributed by atoms with Gasteiger partial charge >= 0.3 is 0 Å². The van der Waals surface area contributed by atoms with Gasteiger partial charge in [-0.3, -0.25) is 0 Å². The lowest BCUT2D eigenvalue weighted by molar-refractivity contribution is 1.43. The molecule has 6 aromatic carbocycles. The van der Waals surface area contributed by atoms with Crippen LogP contribution in [0.15, 0.2) is 127 Å². The first-order chi connectivity index (χ1) is 19.8. The molecule has 0 amide bonds. The smallest absolute Gasteiger partial charge is 0.0788 e. The number of hydrogen-bond acceptors (Lipinski definition) is 3. The van der Waals surface area contributed by atoms with E-state index in [1.165, 1.54) is 67.6 Å². The third-order valence-corrected chi connectivity index (χ3v) is 10.5. The number of benzene rings is 6. The summed E-state index contributed by atoms with van der Waals surface area (Å²) in [6, 6.07) is 46.2. The van der Waals surface area contributed by atoms with E-state index in [0.717, 1.165) is 16.8 Å². The first-order valence-corrected chi connectivity index (χ1v) is 15.1. The maximum atomic E-state index is 5.27. The van der Waals surface area contributed by atoms with Gasteiger partial charge in [0.05, 0.1) is 11.2 Å². The largest absolute Gasteiger partial charge is 0.247 e. The topological polar surface area (TPSA) is 12.9 Å². The van der Waals surface area contributed by atoms with Crippen molar-refractivity contribution in [1.29, 1.82) is 0 Å². The molecule has 0 radical (unpaired) electrons. The number of fused-ring (bicyclic) bond motifs is 10. The molecule has 3 heteroatoms. The third kappa shape index (κ3) is 3.16. The zero-order valence-corrected chi connectivity index (χ0v) is 23.0. The van der Waals surface area contributed by atoms with Crippen LogP contribution in [-0.2, 0) is 0 Å². The standard InChI is InChI=1S/C37H21NS2/c1-4-16-31-29(13-1)34-30(20-19-28-26-12-3-6-18-33(26)40-37(28)34)35(38-31)23-10-7-9-22(21-23)24-14-8-15-27-25-11-2-5-17-32(25)39-36(24)27/h1-21H. The normalized spacial score (nSPS) is 12.0. The highest BCUT2D eigenvalue weighted by atomic mass is 32.1. The predicted molar refractivity (Wildman–Crippen MR) is 176 cm³/mol. The van der Waals surface area contributed by atoms with E-state index in [9.17, 15) is 0 Å². The summed E-state index contributed by atoms with van der Waals surface area (Å²) in [7, 11) is 0. The van der Waals surface area contributed by atoms with Gasteiger partial charge in [-0.15, -0.1) is 22.7 Å². The molecular formula is C37H21NS2. The zero-order chi connectivity index (χ0) is 26.2. The van der Waals surface area contributed by atoms with Crippen molar-refractivity contribution in [1.82, 2.24) is 4.98 Å². The number of para-hydroxylation sites is 1. The summed E-state index contributed by atoms with van der Waals surface area (Å²) in [5, 5.41) is 9.02. The lowest BCUT2D eigenvalue weighted by Crippen LogP contribution is -1.90. The van der Waals surface area contributed by atoms with Gasteiger partial charge in [-0.25, -0.2) is 4.98 Å². The first kappa shape index (κ1) is 22.3. The van der Waals surface area contributed by atoms with Crippen molar-refractivity contribution in [2.45, 2.75) is 0 Å². The highest BCUT2D eigenvalue weighted by Crippen LogP contribution is 2.44. The van der Waals surface area contributed by atoms with Gasteiger partial charge in [0.2, 0.25) is 0 Å². The molecule has 186 valence electrons. The molecule has 0 bridgehead atoms. The Morgan fingerprint density at radius 3 is 1.85 bits per heavy atom. The van der Waals surface area contributed by atoms with Crippen LogP contribution in [0.25, 0.3) is 84.4 Å². The minimum absolute atomic E-state index is 1.03. The molecule has 9 aromatic rings. The molecule has 3 heterocycles. The van der Waals surface area contributed by atoms with Crippen molar-refractivity contribution < 1.29 is 0 Å². The SMILES string of the molecule is c1cc(-c2nc3ccccc3c3c2ccc2c4ccccc4sc23)cc(-c2cccc3c2sc2ccccc23)c1. The average Bonchev–Trinajstić information content (AvgIpc) is 3.59. The Balaban J connectivity index is 1.33. The van der Waals surface area contributed by atoms with E-state index in [1.54, 1.807) is 0 Å². The molecule has 0 saturated carbocycles. The van der Waals surface area contributed by atoms with Crippen LogP contribution in [0.4, 0.5) is 0 Å². The fourth-order valence-electron chi connectivity index (χ4n) is 6.25. The van der Waals surface area contributed by atoms with Crippen LogP contribution in [0.3, 0.4) is 0 Å². The summed E-state index contributed by atoms with van der Waals surface area (Å²) in [6.45, 7) is 0. The molecule has 0 fully saturated rings. The Bertz CT molecular complexity index is 2440. The maximum Gasteiger partial charge on any atom is 0.0788 e. The lowest BCUT2D eigenvalue weighted by atomic mass is 9.95. The van der Waals surface area contributed by atoms with Gasteiger partial charge in [0.15, 0.2) is 0 Å². The summed E-state index contributed by atoms with van der Waals surface area (Å²) in [4.78, 5) is 5.27. The average molecular weight is 544 g/mol. The lowest BCUT2D eigenvalue weighted by Gasteiger charge is -2.12. The van der Waals surface area contributed by atoms with Gasteiger partial charge < -0.3 is 0 Å². The number of pyridine rings is 1. The third-order valence-electron chi connectivity index (χ3n) is 8.06. The van der Waals surface area contributed by atoms with E-state index < -0.39 is 0 Å². The first-order valence-electron chi connectivity index (χ1n) is 13.5. The van der Waals surface area contributed by atoms with Gasteiger partial charge in [-0.1, -0.05) is 103 Å². The second-order valence-corrected chi connectivity index (χ2v) is 12.4. The molecule has 0 unspecified atom stereocenters. The van der Waals surface area contributed by atoms with Gasteiger partial charge in [0, 0.05) is 62.1 Å². The number of nitrogens with zero attached hydrogens (tertiary/aromatic N) is 1. The fourth-order valence-corrected chi connectivity index (χ4v) is 8.75. The summed E-state index contributed by atoms with van der Waals surface area (Å²) in [5.74, 6) is 0. The van der Waals surface area contributed by atoms with Crippen LogP contribution >= 0.6 is 22.7 Å². The van der Waals surface area contributed by atoms with Crippen LogP contribution in [0.2, 0.25) is 0 Å². The second-order valence-electron chi connectivity index (χ2n) is 10.3. The minimum atomic E-state index is 1.03. The second kappa shape index (κ2) is 8.46. The summed E-state index contributed by atoms with van der Waals surface area (Å²) >= 11 is 3.77. The molecule has 1 nitrogen and oxygen atoms in total. The number of thiophene rings is 2. The van der Waals surface area contributed by atoms with Gasteiger partial charge in [0.1, 0.15) is 0 Å². The Hall–Kier alpha value is -4.57. The van der Waals surface area contributed by atoms with Crippen molar-refractivity contribution in [3.63, 3.8) is 0 Å². The molecule has 0 atom stereocenters. The van der Waals surface area contributed by atoms with Crippen LogP contribution < -0.4 is 0 Å². The molecule has 0 aliphatic carbocycles. The molecule has 0 aliphatic heterocycles. The van der Waals surface area contributed by atoms with E-state index in [-0.39, 0.29) is 0 Å². The molecule has 0 spiro atoms. The Morgan fingerprint density at radius 1 is 0.425 bits per heavy atom. The van der Waals surface area contributed by atoms with E-state index in [1.807, 2.05) is 22.7 Å². The van der Waals surface area contributed by atoms with Crippen molar-refractivity contribution in [2.75, 3.05) is 0 Å². The maximum absolute atomic E-state index is 5.27. The zero-order valence-electron chi connectivity index (χ0n) is 21.4. The van der Waals surface area contributed by atoms with E-state index in [0.29, 0.717) is 0 Å². The highest BCUT2D eigenvalue weighted by molar-refractivity contribution is 7.27. The van der Waals surface area contributed by atoms with Crippen LogP contribution in [-0.4, -0.2) is 4.98 Å². The predicted octanol–water partition coefficient (Wildman–Crippen LogP) is 11.5. The summed E-state index contributed by atoms with van der Waals surface area (Å²) < 4.78 is 5.33. The van der Waals surface area contributed by atoms with Crippen molar-refractivity contribution in [3.8, 4) is 22.4 Å². The fraction of sp³-hybridized carbons (Fsp3) is 0.